The largest absolute Gasteiger partial charge is 0.399 e. The highest BCUT2D eigenvalue weighted by Gasteiger charge is 2.00. The number of nitrogens with two attached hydrogens (primary N) is 2. The Bertz CT molecular complexity index is 383. The van der Waals surface area contributed by atoms with Crippen molar-refractivity contribution in [3.8, 4) is 11.8 Å². The molecule has 0 saturated carbocycles. The van der Waals surface area contributed by atoms with Crippen LogP contribution in [0.1, 0.15) is 23.1 Å². The Morgan fingerprint density at radius 3 is 2.57 bits per heavy atom. The molecule has 0 amide bonds. The molecule has 74 valence electrons. The van der Waals surface area contributed by atoms with Crippen LogP contribution in [0.15, 0.2) is 12.1 Å². The highest BCUT2D eigenvalue weighted by Crippen LogP contribution is 2.18. The summed E-state index contributed by atoms with van der Waals surface area (Å²) in [4.78, 5) is 0. The maximum Gasteiger partial charge on any atom is 0.0347 e. The topological polar surface area (TPSA) is 52.0 Å². The quantitative estimate of drug-likeness (QED) is 0.519. The summed E-state index contributed by atoms with van der Waals surface area (Å²) in [6.45, 7) is 4.66. The third-order valence-corrected chi connectivity index (χ3v) is 2.32. The van der Waals surface area contributed by atoms with E-state index in [0.717, 1.165) is 28.8 Å². The maximum absolute atomic E-state index is 5.78. The third-order valence-electron chi connectivity index (χ3n) is 2.32. The van der Waals surface area contributed by atoms with Crippen LogP contribution in [0.25, 0.3) is 0 Å². The van der Waals surface area contributed by atoms with Crippen molar-refractivity contribution in [2.75, 3.05) is 12.3 Å². The van der Waals surface area contributed by atoms with Gasteiger partial charge in [-0.15, -0.1) is 0 Å². The minimum Gasteiger partial charge on any atom is -0.399 e. The van der Waals surface area contributed by atoms with Crippen LogP contribution in [0.2, 0.25) is 0 Å². The average Bonchev–Trinajstić information content (AvgIpc) is 2.18. The lowest BCUT2D eigenvalue weighted by Gasteiger charge is -2.05. The Kier molecular flexibility index (Phi) is 3.55. The van der Waals surface area contributed by atoms with Crippen molar-refractivity contribution in [1.82, 2.24) is 0 Å². The van der Waals surface area contributed by atoms with Gasteiger partial charge in [-0.05, 0) is 37.1 Å². The number of rotatable bonds is 1. The van der Waals surface area contributed by atoms with E-state index >= 15 is 0 Å². The lowest BCUT2D eigenvalue weighted by atomic mass is 10.0. The van der Waals surface area contributed by atoms with E-state index in [9.17, 15) is 0 Å². The smallest absolute Gasteiger partial charge is 0.0347 e. The molecule has 0 atom stereocenters. The number of nitrogen functional groups attached to an aromatic ring is 1. The van der Waals surface area contributed by atoms with Crippen molar-refractivity contribution in [1.29, 1.82) is 0 Å². The Labute approximate surface area is 85.3 Å². The Morgan fingerprint density at radius 1 is 1.21 bits per heavy atom. The van der Waals surface area contributed by atoms with E-state index in [-0.39, 0.29) is 0 Å². The van der Waals surface area contributed by atoms with Gasteiger partial charge < -0.3 is 11.5 Å². The fourth-order valence-corrected chi connectivity index (χ4v) is 1.21. The van der Waals surface area contributed by atoms with Gasteiger partial charge in [-0.25, -0.2) is 0 Å². The van der Waals surface area contributed by atoms with Gasteiger partial charge >= 0.3 is 0 Å². The van der Waals surface area contributed by atoms with Crippen LogP contribution < -0.4 is 11.5 Å². The van der Waals surface area contributed by atoms with Crippen LogP contribution >= 0.6 is 0 Å². The van der Waals surface area contributed by atoms with Crippen LogP contribution in [0.3, 0.4) is 0 Å². The van der Waals surface area contributed by atoms with Gasteiger partial charge in [-0.1, -0.05) is 11.8 Å². The van der Waals surface area contributed by atoms with E-state index in [2.05, 4.69) is 11.8 Å². The van der Waals surface area contributed by atoms with Gasteiger partial charge in [0.25, 0.3) is 0 Å². The van der Waals surface area contributed by atoms with E-state index in [4.69, 9.17) is 11.5 Å². The van der Waals surface area contributed by atoms with Crippen molar-refractivity contribution >= 4 is 5.69 Å². The third kappa shape index (κ3) is 2.27. The van der Waals surface area contributed by atoms with E-state index in [0.29, 0.717) is 6.54 Å². The minimum absolute atomic E-state index is 0.611. The molecule has 1 aromatic carbocycles. The second-order valence-corrected chi connectivity index (χ2v) is 3.29. The van der Waals surface area contributed by atoms with Crippen LogP contribution in [0.4, 0.5) is 5.69 Å². The van der Waals surface area contributed by atoms with Crippen LogP contribution in [0.5, 0.6) is 0 Å². The van der Waals surface area contributed by atoms with E-state index in [1.165, 1.54) is 0 Å². The Morgan fingerprint density at radius 2 is 1.93 bits per heavy atom. The van der Waals surface area contributed by atoms with Crippen molar-refractivity contribution < 1.29 is 0 Å². The zero-order chi connectivity index (χ0) is 10.6. The summed E-state index contributed by atoms with van der Waals surface area (Å²) in [7, 11) is 0. The summed E-state index contributed by atoms with van der Waals surface area (Å²) in [6, 6.07) is 3.86. The first kappa shape index (κ1) is 10.6. The monoisotopic (exact) mass is 188 g/mol. The molecule has 2 nitrogen and oxygen atoms in total. The number of hydrogen-bond donors (Lipinski definition) is 2. The molecule has 0 saturated heterocycles. The van der Waals surface area contributed by atoms with Crippen LogP contribution in [-0.4, -0.2) is 6.54 Å². The Balaban J connectivity index is 3.02. The number of anilines is 1. The van der Waals surface area contributed by atoms with E-state index in [1.54, 1.807) is 0 Å². The normalized spacial score (nSPS) is 9.36. The van der Waals surface area contributed by atoms with Gasteiger partial charge in [0.05, 0.1) is 0 Å². The number of benzene rings is 1. The van der Waals surface area contributed by atoms with Crippen molar-refractivity contribution in [3.05, 3.63) is 28.8 Å². The lowest BCUT2D eigenvalue weighted by molar-refractivity contribution is 1.03. The molecule has 0 radical (unpaired) electrons. The zero-order valence-corrected chi connectivity index (χ0v) is 8.72. The highest BCUT2D eigenvalue weighted by molar-refractivity contribution is 5.56. The van der Waals surface area contributed by atoms with Crippen LogP contribution in [0, 0.1) is 25.7 Å². The molecule has 1 rings (SSSR count). The molecule has 14 heavy (non-hydrogen) atoms. The first-order valence-electron chi connectivity index (χ1n) is 4.71. The fraction of sp³-hybridized carbons (Fsp3) is 0.333. The van der Waals surface area contributed by atoms with Gasteiger partial charge in [-0.3, -0.25) is 0 Å². The molecule has 0 aromatic heterocycles. The van der Waals surface area contributed by atoms with E-state index < -0.39 is 0 Å². The highest BCUT2D eigenvalue weighted by atomic mass is 14.6. The average molecular weight is 188 g/mol. The molecular formula is C12H16N2. The summed E-state index contributed by atoms with van der Waals surface area (Å²) in [5.41, 5.74) is 15.3. The van der Waals surface area contributed by atoms with Gasteiger partial charge in [0.1, 0.15) is 0 Å². The van der Waals surface area contributed by atoms with Gasteiger partial charge in [0, 0.05) is 24.2 Å². The SMILES string of the molecule is Cc1c(N)ccc(C#CCCN)c1C. The fourth-order valence-electron chi connectivity index (χ4n) is 1.21. The predicted octanol–water partition coefficient (Wildman–Crippen LogP) is 1.59. The standard InChI is InChI=1S/C12H16N2/c1-9-10(2)12(14)7-6-11(9)5-3-4-8-13/h6-7H,4,8,13-14H2,1-2H3. The van der Waals surface area contributed by atoms with E-state index in [1.807, 2.05) is 26.0 Å². The molecular weight excluding hydrogens is 172 g/mol. The summed E-state index contributed by atoms with van der Waals surface area (Å²) in [6.07, 6.45) is 0.739. The number of hydrogen-bond acceptors (Lipinski definition) is 2. The van der Waals surface area contributed by atoms with Gasteiger partial charge in [0.2, 0.25) is 0 Å². The molecule has 0 unspecified atom stereocenters. The van der Waals surface area contributed by atoms with Crippen molar-refractivity contribution in [2.45, 2.75) is 20.3 Å². The first-order valence-corrected chi connectivity index (χ1v) is 4.71. The maximum atomic E-state index is 5.78. The molecule has 0 spiro atoms. The molecule has 4 N–H and O–H groups in total. The van der Waals surface area contributed by atoms with Crippen molar-refractivity contribution in [3.63, 3.8) is 0 Å². The van der Waals surface area contributed by atoms with Crippen molar-refractivity contribution in [2.24, 2.45) is 5.73 Å². The van der Waals surface area contributed by atoms with Crippen LogP contribution in [-0.2, 0) is 0 Å². The minimum atomic E-state index is 0.611. The molecule has 1 aromatic rings. The first-order chi connectivity index (χ1) is 6.66. The van der Waals surface area contributed by atoms with Gasteiger partial charge in [-0.2, -0.15) is 0 Å². The second kappa shape index (κ2) is 4.69. The zero-order valence-electron chi connectivity index (χ0n) is 8.72. The molecule has 0 aliphatic rings. The summed E-state index contributed by atoms with van der Waals surface area (Å²) >= 11 is 0. The summed E-state index contributed by atoms with van der Waals surface area (Å²) in [5, 5.41) is 0. The van der Waals surface area contributed by atoms with Gasteiger partial charge in [0.15, 0.2) is 0 Å². The Hall–Kier alpha value is -1.46. The molecule has 0 aliphatic carbocycles. The summed E-state index contributed by atoms with van der Waals surface area (Å²) in [5.74, 6) is 6.12. The molecule has 0 heterocycles. The second-order valence-electron chi connectivity index (χ2n) is 3.29. The predicted molar refractivity (Wildman–Crippen MR) is 60.9 cm³/mol. The summed E-state index contributed by atoms with van der Waals surface area (Å²) < 4.78 is 0. The molecule has 2 heteroatoms. The molecule has 0 bridgehead atoms. The molecule has 0 aliphatic heterocycles. The molecule has 0 fully saturated rings. The lowest BCUT2D eigenvalue weighted by Crippen LogP contribution is -1.96.